The average Bonchev–Trinajstić information content (AvgIpc) is 2.93. The largest absolute Gasteiger partial charge is 0.375 e. The molecule has 2 heterocycles. The third kappa shape index (κ3) is 5.85. The number of rotatable bonds is 6. The second-order valence-corrected chi connectivity index (χ2v) is 7.00. The summed E-state index contributed by atoms with van der Waals surface area (Å²) in [4.78, 5) is 20.0. The molecular weight excluding hydrogens is 369 g/mol. The number of ether oxygens (including phenoxy) is 1. The van der Waals surface area contributed by atoms with Crippen LogP contribution in [0.1, 0.15) is 52.7 Å². The first-order chi connectivity index (χ1) is 10.6. The Morgan fingerprint density at radius 2 is 2.04 bits per heavy atom. The maximum Gasteiger partial charge on any atom is 0.265 e. The first-order valence-electron chi connectivity index (χ1n) is 8.00. The summed E-state index contributed by atoms with van der Waals surface area (Å²) in [5.41, 5.74) is 0.825. The Bertz CT molecular complexity index is 506. The maximum absolute atomic E-state index is 12.7. The summed E-state index contributed by atoms with van der Waals surface area (Å²) in [5.74, 6) is 0.875. The lowest BCUT2D eigenvalue weighted by Crippen LogP contribution is -2.38. The summed E-state index contributed by atoms with van der Waals surface area (Å²) in [6.07, 6.45) is 3.35. The van der Waals surface area contributed by atoms with Crippen LogP contribution in [0, 0.1) is 12.8 Å². The predicted molar refractivity (Wildman–Crippen MR) is 104 cm³/mol. The number of likely N-dealkylation sites (tertiary alicyclic amines) is 1. The summed E-state index contributed by atoms with van der Waals surface area (Å²) in [5, 5.41) is 4.08. The summed E-state index contributed by atoms with van der Waals surface area (Å²) in [6.45, 7) is 6.65. The molecule has 140 valence electrons. The number of thiazole rings is 1. The van der Waals surface area contributed by atoms with Gasteiger partial charge in [0.1, 0.15) is 16.0 Å². The molecule has 5 nitrogen and oxygen atoms in total. The third-order valence-electron chi connectivity index (χ3n) is 4.41. The summed E-state index contributed by atoms with van der Waals surface area (Å²) >= 11 is 1.47. The van der Waals surface area contributed by atoms with E-state index in [0.29, 0.717) is 0 Å². The Labute approximate surface area is 161 Å². The SMILES string of the molecule is CNCCC1CCN(C(=O)c2sc(C(C)OC)nc2C)CC1.Cl.Cl. The van der Waals surface area contributed by atoms with E-state index < -0.39 is 0 Å². The smallest absolute Gasteiger partial charge is 0.265 e. The first-order valence-corrected chi connectivity index (χ1v) is 8.82. The molecule has 1 saturated heterocycles. The topological polar surface area (TPSA) is 54.5 Å². The first kappa shape index (κ1) is 23.6. The molecule has 0 aromatic carbocycles. The summed E-state index contributed by atoms with van der Waals surface area (Å²) in [6, 6.07) is 0. The number of amides is 1. The monoisotopic (exact) mass is 397 g/mol. The van der Waals surface area contributed by atoms with Crippen LogP contribution in [0.5, 0.6) is 0 Å². The van der Waals surface area contributed by atoms with E-state index in [9.17, 15) is 4.79 Å². The molecule has 1 aromatic heterocycles. The molecule has 0 radical (unpaired) electrons. The number of aryl methyl sites for hydroxylation is 1. The molecule has 1 aliphatic rings. The molecule has 1 fully saturated rings. The predicted octanol–water partition coefficient (Wildman–Crippen LogP) is 3.46. The van der Waals surface area contributed by atoms with Crippen LogP contribution in [0.15, 0.2) is 0 Å². The number of halogens is 2. The van der Waals surface area contributed by atoms with Crippen LogP contribution in [0.25, 0.3) is 0 Å². The number of methoxy groups -OCH3 is 1. The van der Waals surface area contributed by atoms with Crippen molar-refractivity contribution in [1.82, 2.24) is 15.2 Å². The standard InChI is InChI=1S/C16H27N3O2S.2ClH/c1-11-14(22-15(18-11)12(2)21-4)16(20)19-9-6-13(7-10-19)5-8-17-3;;/h12-13,17H,5-10H2,1-4H3;2*1H. The molecule has 2 rings (SSSR count). The molecule has 1 atom stereocenters. The van der Waals surface area contributed by atoms with Gasteiger partial charge >= 0.3 is 0 Å². The molecule has 8 heteroatoms. The van der Waals surface area contributed by atoms with Gasteiger partial charge in [0.25, 0.3) is 5.91 Å². The number of piperidine rings is 1. The van der Waals surface area contributed by atoms with Crippen molar-refractivity contribution in [3.8, 4) is 0 Å². The average molecular weight is 398 g/mol. The van der Waals surface area contributed by atoms with Crippen LogP contribution in [0.2, 0.25) is 0 Å². The number of hydrogen-bond donors (Lipinski definition) is 1. The van der Waals surface area contributed by atoms with Crippen LogP contribution in [-0.2, 0) is 4.74 Å². The minimum absolute atomic E-state index is 0. The van der Waals surface area contributed by atoms with Crippen molar-refractivity contribution in [3.05, 3.63) is 15.6 Å². The van der Waals surface area contributed by atoms with Crippen molar-refractivity contribution in [2.24, 2.45) is 5.92 Å². The van der Waals surface area contributed by atoms with Crippen molar-refractivity contribution >= 4 is 42.1 Å². The molecule has 0 spiro atoms. The third-order valence-corrected chi connectivity index (χ3v) is 5.72. The van der Waals surface area contributed by atoms with Gasteiger partial charge in [-0.25, -0.2) is 4.98 Å². The molecule has 0 saturated carbocycles. The van der Waals surface area contributed by atoms with Gasteiger partial charge in [-0.2, -0.15) is 0 Å². The van der Waals surface area contributed by atoms with Crippen molar-refractivity contribution in [1.29, 1.82) is 0 Å². The molecule has 1 amide bonds. The molecular formula is C16H29Cl2N3O2S. The Morgan fingerprint density at radius 1 is 1.42 bits per heavy atom. The van der Waals surface area contributed by atoms with Crippen LogP contribution >= 0.6 is 36.2 Å². The number of aromatic nitrogens is 1. The number of nitrogens with zero attached hydrogens (tertiary/aromatic N) is 2. The molecule has 1 unspecified atom stereocenters. The van der Waals surface area contributed by atoms with E-state index in [1.807, 2.05) is 25.8 Å². The van der Waals surface area contributed by atoms with Gasteiger partial charge in [0, 0.05) is 20.2 Å². The Balaban J connectivity index is 0.00000264. The van der Waals surface area contributed by atoms with E-state index >= 15 is 0 Å². The minimum Gasteiger partial charge on any atom is -0.375 e. The Morgan fingerprint density at radius 3 is 2.58 bits per heavy atom. The van der Waals surface area contributed by atoms with Gasteiger partial charge in [0.15, 0.2) is 0 Å². The minimum atomic E-state index is -0.0578. The van der Waals surface area contributed by atoms with E-state index in [1.54, 1.807) is 7.11 Å². The fourth-order valence-electron chi connectivity index (χ4n) is 2.81. The zero-order valence-electron chi connectivity index (χ0n) is 14.8. The van der Waals surface area contributed by atoms with Gasteiger partial charge in [0.05, 0.1) is 5.69 Å². The molecule has 1 aromatic rings. The maximum atomic E-state index is 12.7. The van der Waals surface area contributed by atoms with Crippen molar-refractivity contribution in [2.45, 2.75) is 39.2 Å². The highest BCUT2D eigenvalue weighted by Crippen LogP contribution is 2.28. The Kier molecular flexibility index (Phi) is 11.1. The van der Waals surface area contributed by atoms with Crippen LogP contribution < -0.4 is 5.32 Å². The van der Waals surface area contributed by atoms with Gasteiger partial charge in [-0.3, -0.25) is 4.79 Å². The van der Waals surface area contributed by atoms with Crippen molar-refractivity contribution in [3.63, 3.8) is 0 Å². The number of carbonyl (C=O) groups excluding carboxylic acids is 1. The van der Waals surface area contributed by atoms with Crippen LogP contribution in [-0.4, -0.2) is 49.6 Å². The van der Waals surface area contributed by atoms with E-state index in [-0.39, 0.29) is 36.8 Å². The highest BCUT2D eigenvalue weighted by Gasteiger charge is 2.26. The second-order valence-electron chi connectivity index (χ2n) is 5.97. The van der Waals surface area contributed by atoms with E-state index in [0.717, 1.165) is 54.0 Å². The summed E-state index contributed by atoms with van der Waals surface area (Å²) in [7, 11) is 3.66. The normalized spacial score (nSPS) is 16.2. The highest BCUT2D eigenvalue weighted by molar-refractivity contribution is 7.13. The summed E-state index contributed by atoms with van der Waals surface area (Å²) < 4.78 is 5.30. The number of carbonyl (C=O) groups is 1. The van der Waals surface area contributed by atoms with Gasteiger partial charge in [0.2, 0.25) is 0 Å². The van der Waals surface area contributed by atoms with E-state index in [1.165, 1.54) is 17.8 Å². The van der Waals surface area contributed by atoms with Crippen molar-refractivity contribution in [2.75, 3.05) is 33.8 Å². The van der Waals surface area contributed by atoms with Gasteiger partial charge < -0.3 is 15.0 Å². The fraction of sp³-hybridized carbons (Fsp3) is 0.750. The molecule has 1 N–H and O–H groups in total. The fourth-order valence-corrected chi connectivity index (χ4v) is 3.87. The van der Waals surface area contributed by atoms with Crippen LogP contribution in [0.4, 0.5) is 0 Å². The van der Waals surface area contributed by atoms with E-state index in [2.05, 4.69) is 10.3 Å². The number of nitrogens with one attached hydrogen (secondary N) is 1. The van der Waals surface area contributed by atoms with Gasteiger partial charge in [-0.1, -0.05) is 0 Å². The van der Waals surface area contributed by atoms with E-state index in [4.69, 9.17) is 4.74 Å². The van der Waals surface area contributed by atoms with Gasteiger partial charge in [-0.05, 0) is 52.6 Å². The zero-order valence-corrected chi connectivity index (χ0v) is 17.3. The lowest BCUT2D eigenvalue weighted by molar-refractivity contribution is 0.0691. The quantitative estimate of drug-likeness (QED) is 0.798. The molecule has 1 aliphatic heterocycles. The molecule has 24 heavy (non-hydrogen) atoms. The van der Waals surface area contributed by atoms with Crippen molar-refractivity contribution < 1.29 is 9.53 Å². The lowest BCUT2D eigenvalue weighted by Gasteiger charge is -2.31. The highest BCUT2D eigenvalue weighted by atomic mass is 35.5. The Hall–Kier alpha value is -0.400. The number of hydrogen-bond acceptors (Lipinski definition) is 5. The van der Waals surface area contributed by atoms with Crippen LogP contribution in [0.3, 0.4) is 0 Å². The molecule has 0 bridgehead atoms. The zero-order chi connectivity index (χ0) is 16.1. The van der Waals surface area contributed by atoms with Gasteiger partial charge in [-0.15, -0.1) is 36.2 Å². The second kappa shape index (κ2) is 11.3. The lowest BCUT2D eigenvalue weighted by atomic mass is 9.93. The molecule has 0 aliphatic carbocycles.